The Balaban J connectivity index is 1.15. The predicted molar refractivity (Wildman–Crippen MR) is 146 cm³/mol. The fraction of sp³-hybridized carbons (Fsp3) is 0.909. The van der Waals surface area contributed by atoms with Crippen molar-refractivity contribution in [2.45, 2.75) is 136 Å². The van der Waals surface area contributed by atoms with Crippen molar-refractivity contribution in [3.8, 4) is 0 Å². The highest BCUT2D eigenvalue weighted by molar-refractivity contribution is 5.69. The van der Waals surface area contributed by atoms with E-state index in [1.807, 2.05) is 0 Å². The minimum absolute atomic E-state index is 0.0190. The fourth-order valence-electron chi connectivity index (χ4n) is 10.5. The van der Waals surface area contributed by atoms with Gasteiger partial charge in [-0.1, -0.05) is 59.1 Å². The van der Waals surface area contributed by atoms with Crippen LogP contribution in [0.15, 0.2) is 11.6 Å². The van der Waals surface area contributed by atoms with E-state index < -0.39 is 0 Å². The number of allylic oxidation sites excluding steroid dienone is 1. The quantitative estimate of drug-likeness (QED) is 0.214. The molecule has 4 aliphatic carbocycles. The zero-order valence-electron chi connectivity index (χ0n) is 24.2. The van der Waals surface area contributed by atoms with E-state index >= 15 is 0 Å². The third-order valence-corrected chi connectivity index (χ3v) is 12.6. The minimum atomic E-state index is -0.315. The second-order valence-electron chi connectivity index (χ2n) is 14.6. The van der Waals surface area contributed by atoms with Gasteiger partial charge in [0.2, 0.25) is 0 Å². The number of carbonyl (C=O) groups is 1. The Morgan fingerprint density at radius 1 is 1.08 bits per heavy atom. The molecule has 37 heavy (non-hydrogen) atoms. The Bertz CT molecular complexity index is 902. The predicted octanol–water partition coefficient (Wildman–Crippen LogP) is 7.85. The van der Waals surface area contributed by atoms with Crippen LogP contribution < -0.4 is 0 Å². The smallest absolute Gasteiger partial charge is 0.306 e. The standard InChI is InChI=1S/C33H52O4/c1-6-7-8-9-29(34)36-24-13-15-31(4)23(18-24)10-11-25-26(31)14-16-32(5)27(25)19-28-30(32)22(3)33(37-28)17-12-21(2)20-35-33/h10,21-22,24-28,30H,6-9,11-20H2,1-5H3/t21-,22-,24?,25+,26-,27-,28-,30-,31-,32-,33-/m0/s1. The Hall–Kier alpha value is -0.870. The summed E-state index contributed by atoms with van der Waals surface area (Å²) in [5.41, 5.74) is 2.25. The van der Waals surface area contributed by atoms with Crippen LogP contribution in [0.1, 0.15) is 118 Å². The molecule has 4 nitrogen and oxygen atoms in total. The van der Waals surface area contributed by atoms with Crippen molar-refractivity contribution in [1.29, 1.82) is 0 Å². The summed E-state index contributed by atoms with van der Waals surface area (Å²) in [6.45, 7) is 13.0. The normalized spacial score (nSPS) is 50.6. The fourth-order valence-corrected chi connectivity index (χ4v) is 10.5. The zero-order valence-corrected chi connectivity index (χ0v) is 24.2. The molecule has 6 rings (SSSR count). The molecule has 1 spiro atoms. The Labute approximate surface area is 225 Å². The van der Waals surface area contributed by atoms with Crippen LogP contribution in [0.25, 0.3) is 0 Å². The van der Waals surface area contributed by atoms with Gasteiger partial charge in [-0.05, 0) is 91.8 Å². The molecule has 3 saturated carbocycles. The van der Waals surface area contributed by atoms with E-state index in [0.717, 1.165) is 62.9 Å². The summed E-state index contributed by atoms with van der Waals surface area (Å²) in [5.74, 6) is 3.77. The first kappa shape index (κ1) is 26.4. The molecule has 2 heterocycles. The van der Waals surface area contributed by atoms with Crippen molar-refractivity contribution in [1.82, 2.24) is 0 Å². The molecule has 11 atom stereocenters. The lowest BCUT2D eigenvalue weighted by atomic mass is 9.47. The zero-order chi connectivity index (χ0) is 26.0. The van der Waals surface area contributed by atoms with E-state index in [1.165, 1.54) is 38.5 Å². The van der Waals surface area contributed by atoms with E-state index in [2.05, 4.69) is 40.7 Å². The summed E-state index contributed by atoms with van der Waals surface area (Å²) in [5, 5.41) is 0. The van der Waals surface area contributed by atoms with Gasteiger partial charge in [-0.15, -0.1) is 0 Å². The second kappa shape index (κ2) is 9.65. The van der Waals surface area contributed by atoms with E-state index in [-0.39, 0.29) is 23.3 Å². The molecular formula is C33H52O4. The lowest BCUT2D eigenvalue weighted by Crippen LogP contribution is -2.52. The molecule has 0 bridgehead atoms. The summed E-state index contributed by atoms with van der Waals surface area (Å²) in [6, 6.07) is 0. The van der Waals surface area contributed by atoms with Crippen molar-refractivity contribution in [2.75, 3.05) is 6.61 Å². The SMILES string of the molecule is CCCCCC(=O)OC1CC[C@@]2(C)C(=CC[C@H]3[C@@H]4C[C@@H]5O[C@@]6(CC[C@H](C)CO6)[C@@H](C)[C@@H]5[C@@]4(C)CC[C@@H]32)C1. The Kier molecular flexibility index (Phi) is 6.87. The van der Waals surface area contributed by atoms with Gasteiger partial charge in [0, 0.05) is 25.2 Å². The summed E-state index contributed by atoms with van der Waals surface area (Å²) >= 11 is 0. The van der Waals surface area contributed by atoms with E-state index in [0.29, 0.717) is 35.7 Å². The number of esters is 1. The number of ether oxygens (including phenoxy) is 3. The lowest BCUT2D eigenvalue weighted by molar-refractivity contribution is -0.272. The van der Waals surface area contributed by atoms with Crippen molar-refractivity contribution in [3.63, 3.8) is 0 Å². The van der Waals surface area contributed by atoms with Crippen LogP contribution in [-0.4, -0.2) is 30.6 Å². The van der Waals surface area contributed by atoms with Crippen LogP contribution >= 0.6 is 0 Å². The average molecular weight is 513 g/mol. The maximum absolute atomic E-state index is 12.4. The van der Waals surface area contributed by atoms with Crippen LogP contribution in [-0.2, 0) is 19.0 Å². The van der Waals surface area contributed by atoms with Crippen LogP contribution in [0.4, 0.5) is 0 Å². The molecule has 0 aromatic rings. The van der Waals surface area contributed by atoms with Crippen LogP contribution in [0.5, 0.6) is 0 Å². The van der Waals surface area contributed by atoms with E-state index in [4.69, 9.17) is 14.2 Å². The first-order valence-corrected chi connectivity index (χ1v) is 15.9. The first-order chi connectivity index (χ1) is 17.7. The van der Waals surface area contributed by atoms with Gasteiger partial charge in [0.25, 0.3) is 0 Å². The maximum atomic E-state index is 12.4. The highest BCUT2D eigenvalue weighted by Gasteiger charge is 2.68. The van der Waals surface area contributed by atoms with Crippen molar-refractivity contribution < 1.29 is 19.0 Å². The van der Waals surface area contributed by atoms with E-state index in [9.17, 15) is 4.79 Å². The molecule has 208 valence electrons. The van der Waals surface area contributed by atoms with Crippen molar-refractivity contribution in [3.05, 3.63) is 11.6 Å². The number of carbonyl (C=O) groups excluding carboxylic acids is 1. The molecule has 1 unspecified atom stereocenters. The van der Waals surface area contributed by atoms with Crippen molar-refractivity contribution >= 4 is 5.97 Å². The van der Waals surface area contributed by atoms with Crippen LogP contribution in [0.2, 0.25) is 0 Å². The maximum Gasteiger partial charge on any atom is 0.306 e. The number of unbranched alkanes of at least 4 members (excludes halogenated alkanes) is 2. The summed E-state index contributed by atoms with van der Waals surface area (Å²) in [7, 11) is 0. The number of rotatable bonds is 5. The Morgan fingerprint density at radius 2 is 1.92 bits per heavy atom. The summed E-state index contributed by atoms with van der Waals surface area (Å²) < 4.78 is 19.4. The summed E-state index contributed by atoms with van der Waals surface area (Å²) in [6.07, 6.45) is 17.4. The minimum Gasteiger partial charge on any atom is -0.462 e. The summed E-state index contributed by atoms with van der Waals surface area (Å²) in [4.78, 5) is 12.4. The topological polar surface area (TPSA) is 44.8 Å². The van der Waals surface area contributed by atoms with Gasteiger partial charge in [-0.2, -0.15) is 0 Å². The molecule has 2 aliphatic heterocycles. The van der Waals surface area contributed by atoms with Gasteiger partial charge in [-0.3, -0.25) is 4.79 Å². The number of hydrogen-bond acceptors (Lipinski definition) is 4. The molecule has 2 saturated heterocycles. The molecule has 0 aromatic carbocycles. The average Bonchev–Trinajstić information content (AvgIpc) is 3.31. The third-order valence-electron chi connectivity index (χ3n) is 12.6. The van der Waals surface area contributed by atoms with Crippen molar-refractivity contribution in [2.24, 2.45) is 46.3 Å². The lowest BCUT2D eigenvalue weighted by Gasteiger charge is -2.58. The molecule has 0 amide bonds. The highest BCUT2D eigenvalue weighted by Crippen LogP contribution is 2.70. The number of fused-ring (bicyclic) bond motifs is 7. The second-order valence-corrected chi connectivity index (χ2v) is 14.6. The molecule has 5 fully saturated rings. The largest absolute Gasteiger partial charge is 0.462 e. The van der Waals surface area contributed by atoms with E-state index in [1.54, 1.807) is 5.57 Å². The highest BCUT2D eigenvalue weighted by atomic mass is 16.7. The Morgan fingerprint density at radius 3 is 2.68 bits per heavy atom. The molecular weight excluding hydrogens is 460 g/mol. The van der Waals surface area contributed by atoms with Gasteiger partial charge in [0.05, 0.1) is 12.7 Å². The van der Waals surface area contributed by atoms with Gasteiger partial charge in [0.15, 0.2) is 5.79 Å². The van der Waals surface area contributed by atoms with Crippen LogP contribution in [0, 0.1) is 46.3 Å². The third kappa shape index (κ3) is 4.17. The molecule has 0 aromatic heterocycles. The van der Waals surface area contributed by atoms with Gasteiger partial charge in [0.1, 0.15) is 6.10 Å². The first-order valence-electron chi connectivity index (χ1n) is 15.9. The monoisotopic (exact) mass is 512 g/mol. The molecule has 0 radical (unpaired) electrons. The van der Waals surface area contributed by atoms with Gasteiger partial charge in [-0.25, -0.2) is 0 Å². The van der Waals surface area contributed by atoms with Gasteiger partial charge < -0.3 is 14.2 Å². The molecule has 6 aliphatic rings. The van der Waals surface area contributed by atoms with Gasteiger partial charge >= 0.3 is 5.97 Å². The molecule has 4 heteroatoms. The number of hydrogen-bond donors (Lipinski definition) is 0. The molecule has 0 N–H and O–H groups in total. The van der Waals surface area contributed by atoms with Crippen LogP contribution in [0.3, 0.4) is 0 Å².